The second-order valence-electron chi connectivity index (χ2n) is 4.15. The van der Waals surface area contributed by atoms with Gasteiger partial charge in [0.25, 0.3) is 5.91 Å². The lowest BCUT2D eigenvalue weighted by atomic mass is 10.2. The van der Waals surface area contributed by atoms with Gasteiger partial charge in [-0.1, -0.05) is 0 Å². The predicted octanol–water partition coefficient (Wildman–Crippen LogP) is -1.67. The Kier molecular flexibility index (Phi) is 4.70. The van der Waals surface area contributed by atoms with Gasteiger partial charge in [0.1, 0.15) is 16.6 Å². The molecule has 1 rings (SSSR count). The molecule has 5 N–H and O–H groups in total. The van der Waals surface area contributed by atoms with Crippen molar-refractivity contribution < 1.29 is 33.0 Å². The fraction of sp³-hybridized carbons (Fsp3) is 0.300. The minimum Gasteiger partial charge on any atom is -0.481 e. The average Bonchev–Trinajstić information content (AvgIpc) is 2.70. The summed E-state index contributed by atoms with van der Waals surface area (Å²) in [5, 5.41) is 17.4. The summed E-state index contributed by atoms with van der Waals surface area (Å²) in [6.07, 6.45) is 0.131. The van der Waals surface area contributed by atoms with E-state index in [1.807, 2.05) is 0 Å². The van der Waals surface area contributed by atoms with E-state index in [2.05, 4.69) is 0 Å². The number of aryl methyl sites for hydroxylation is 1. The van der Waals surface area contributed by atoms with E-state index in [1.165, 1.54) is 7.05 Å². The summed E-state index contributed by atoms with van der Waals surface area (Å²) >= 11 is 0. The number of nitrogens with two attached hydrogens (primary N) is 1. The topological polar surface area (TPSA) is 169 Å². The number of amides is 1. The zero-order valence-electron chi connectivity index (χ0n) is 10.8. The van der Waals surface area contributed by atoms with Crippen molar-refractivity contribution in [1.82, 2.24) is 9.29 Å². The first kappa shape index (κ1) is 16.7. The van der Waals surface area contributed by atoms with Crippen LogP contribution in [0.4, 0.5) is 0 Å². The summed E-state index contributed by atoms with van der Waals surface area (Å²) < 4.78 is 26.9. The van der Waals surface area contributed by atoms with Gasteiger partial charge >= 0.3 is 11.9 Å². The maximum atomic E-state index is 12.0. The van der Waals surface area contributed by atoms with Crippen LogP contribution in [0.3, 0.4) is 0 Å². The van der Waals surface area contributed by atoms with Crippen molar-refractivity contribution in [3.05, 3.63) is 18.0 Å². The van der Waals surface area contributed by atoms with Crippen LogP contribution in [0.5, 0.6) is 0 Å². The van der Waals surface area contributed by atoms with Crippen LogP contribution < -0.4 is 10.5 Å². The molecule has 0 saturated carbocycles. The van der Waals surface area contributed by atoms with Gasteiger partial charge in [-0.15, -0.1) is 0 Å². The van der Waals surface area contributed by atoms with Gasteiger partial charge in [0.15, 0.2) is 0 Å². The molecule has 0 spiro atoms. The van der Waals surface area contributed by atoms with E-state index < -0.39 is 45.2 Å². The van der Waals surface area contributed by atoms with Gasteiger partial charge < -0.3 is 20.5 Å². The van der Waals surface area contributed by atoms with Crippen LogP contribution >= 0.6 is 0 Å². The fourth-order valence-electron chi connectivity index (χ4n) is 1.54. The van der Waals surface area contributed by atoms with E-state index in [-0.39, 0.29) is 5.69 Å². The highest BCUT2D eigenvalue weighted by Gasteiger charge is 2.28. The number of sulfonamides is 1. The number of hydrogen-bond donors (Lipinski definition) is 4. The van der Waals surface area contributed by atoms with Crippen LogP contribution in [0.15, 0.2) is 17.2 Å². The van der Waals surface area contributed by atoms with Gasteiger partial charge in [-0.2, -0.15) is 4.72 Å². The number of nitrogens with one attached hydrogen (secondary N) is 1. The van der Waals surface area contributed by atoms with Gasteiger partial charge in [-0.25, -0.2) is 8.42 Å². The van der Waals surface area contributed by atoms with E-state index in [0.717, 1.165) is 16.8 Å². The van der Waals surface area contributed by atoms with Crippen LogP contribution in [0.2, 0.25) is 0 Å². The monoisotopic (exact) mass is 319 g/mol. The third kappa shape index (κ3) is 4.03. The average molecular weight is 319 g/mol. The van der Waals surface area contributed by atoms with E-state index in [0.29, 0.717) is 0 Å². The van der Waals surface area contributed by atoms with Crippen molar-refractivity contribution in [2.24, 2.45) is 12.8 Å². The summed E-state index contributed by atoms with van der Waals surface area (Å²) in [6.45, 7) is 0. The Morgan fingerprint density at radius 3 is 2.33 bits per heavy atom. The third-order valence-electron chi connectivity index (χ3n) is 2.52. The second-order valence-corrected chi connectivity index (χ2v) is 5.86. The van der Waals surface area contributed by atoms with Crippen molar-refractivity contribution in [2.45, 2.75) is 17.4 Å². The number of hydrogen-bond acceptors (Lipinski definition) is 5. The molecule has 116 valence electrons. The summed E-state index contributed by atoms with van der Waals surface area (Å²) in [4.78, 5) is 32.0. The summed E-state index contributed by atoms with van der Waals surface area (Å²) in [7, 11) is -2.93. The molecular weight excluding hydrogens is 306 g/mol. The normalized spacial score (nSPS) is 12.8. The lowest BCUT2D eigenvalue weighted by Gasteiger charge is -2.11. The van der Waals surface area contributed by atoms with Crippen LogP contribution in [0.1, 0.15) is 16.9 Å². The number of carboxylic acid groups (broad SMARTS) is 2. The third-order valence-corrected chi connectivity index (χ3v) is 3.96. The summed E-state index contributed by atoms with van der Waals surface area (Å²) in [6, 6.07) is -0.866. The van der Waals surface area contributed by atoms with Crippen LogP contribution in [0.25, 0.3) is 0 Å². The molecule has 1 heterocycles. The molecule has 1 atom stereocenters. The molecule has 0 radical (unpaired) electrons. The van der Waals surface area contributed by atoms with Crippen molar-refractivity contribution >= 4 is 27.9 Å². The Labute approximate surface area is 119 Å². The molecule has 1 aromatic rings. The Balaban J connectivity index is 3.10. The molecule has 0 unspecified atom stereocenters. The number of primary amides is 1. The first-order valence-corrected chi connectivity index (χ1v) is 6.96. The van der Waals surface area contributed by atoms with Gasteiger partial charge in [-0.05, 0) is 6.07 Å². The Bertz CT molecular complexity index is 692. The zero-order chi connectivity index (χ0) is 16.4. The minimum absolute atomic E-state index is 0.0968. The fourth-order valence-corrected chi connectivity index (χ4v) is 2.79. The summed E-state index contributed by atoms with van der Waals surface area (Å²) in [5.74, 6) is -3.97. The number of rotatable bonds is 7. The van der Waals surface area contributed by atoms with Crippen LogP contribution in [0, 0.1) is 0 Å². The van der Waals surface area contributed by atoms with E-state index in [1.54, 1.807) is 4.72 Å². The molecule has 0 aliphatic rings. The van der Waals surface area contributed by atoms with E-state index in [4.69, 9.17) is 15.9 Å². The van der Waals surface area contributed by atoms with Gasteiger partial charge in [-0.3, -0.25) is 14.4 Å². The van der Waals surface area contributed by atoms with Gasteiger partial charge in [0.2, 0.25) is 10.0 Å². The number of nitrogens with zero attached hydrogens (tertiary/aromatic N) is 1. The quantitative estimate of drug-likeness (QED) is 0.465. The second kappa shape index (κ2) is 5.93. The van der Waals surface area contributed by atoms with Crippen LogP contribution in [-0.4, -0.2) is 47.1 Å². The number of aliphatic carboxylic acids is 2. The number of carbonyl (C=O) groups excluding carboxylic acids is 1. The van der Waals surface area contributed by atoms with Gasteiger partial charge in [0, 0.05) is 13.2 Å². The number of carboxylic acids is 2. The standard InChI is InChI=1S/C10H13N3O7S/c1-13-4-5(2-7(13)9(11)16)21(19,20)12-6(10(17)18)3-8(14)15/h2,4,6,12H,3H2,1H3,(H2,11,16)(H,14,15)(H,17,18)/t6-/m1/s1. The number of aromatic nitrogens is 1. The molecule has 0 bridgehead atoms. The highest BCUT2D eigenvalue weighted by atomic mass is 32.2. The maximum Gasteiger partial charge on any atom is 0.322 e. The highest BCUT2D eigenvalue weighted by molar-refractivity contribution is 7.89. The smallest absolute Gasteiger partial charge is 0.322 e. The lowest BCUT2D eigenvalue weighted by molar-refractivity contribution is -0.145. The van der Waals surface area contributed by atoms with Crippen molar-refractivity contribution in [3.63, 3.8) is 0 Å². The van der Waals surface area contributed by atoms with E-state index in [9.17, 15) is 22.8 Å². The molecule has 1 aromatic heterocycles. The molecular formula is C10H13N3O7S. The molecule has 0 saturated heterocycles. The van der Waals surface area contributed by atoms with Gasteiger partial charge in [0.05, 0.1) is 6.42 Å². The van der Waals surface area contributed by atoms with Crippen molar-refractivity contribution in [1.29, 1.82) is 0 Å². The van der Waals surface area contributed by atoms with E-state index >= 15 is 0 Å². The van der Waals surface area contributed by atoms with Crippen molar-refractivity contribution in [2.75, 3.05) is 0 Å². The Morgan fingerprint density at radius 2 is 1.95 bits per heavy atom. The maximum absolute atomic E-state index is 12.0. The zero-order valence-corrected chi connectivity index (χ0v) is 11.6. The van der Waals surface area contributed by atoms with Crippen LogP contribution in [-0.2, 0) is 26.7 Å². The first-order valence-electron chi connectivity index (χ1n) is 5.47. The molecule has 21 heavy (non-hydrogen) atoms. The lowest BCUT2D eigenvalue weighted by Crippen LogP contribution is -2.42. The molecule has 0 aromatic carbocycles. The SMILES string of the molecule is Cn1cc(S(=O)(=O)N[C@H](CC(=O)O)C(=O)O)cc1C(N)=O. The summed E-state index contributed by atoms with van der Waals surface area (Å²) in [5.41, 5.74) is 4.94. The Morgan fingerprint density at radius 1 is 1.38 bits per heavy atom. The first-order chi connectivity index (χ1) is 9.54. The van der Waals surface area contributed by atoms with Crippen molar-refractivity contribution in [3.8, 4) is 0 Å². The Hall–Kier alpha value is -2.40. The molecule has 0 aliphatic carbocycles. The molecule has 0 aliphatic heterocycles. The molecule has 0 fully saturated rings. The minimum atomic E-state index is -4.31. The predicted molar refractivity (Wildman–Crippen MR) is 67.9 cm³/mol. The number of carbonyl (C=O) groups is 3. The molecule has 10 nitrogen and oxygen atoms in total. The highest BCUT2D eigenvalue weighted by Crippen LogP contribution is 2.14. The molecule has 11 heteroatoms. The largest absolute Gasteiger partial charge is 0.481 e. The molecule has 1 amide bonds.